The highest BCUT2D eigenvalue weighted by atomic mass is 32.2. The molecule has 1 saturated heterocycles. The Bertz CT molecular complexity index is 1100. The summed E-state index contributed by atoms with van der Waals surface area (Å²) in [4.78, 5) is 27.4. The first kappa shape index (κ1) is 21.4. The zero-order valence-corrected chi connectivity index (χ0v) is 18.3. The number of nitrogens with zero attached hydrogens (tertiary/aromatic N) is 1. The first-order valence-electron chi connectivity index (χ1n) is 10.6. The fraction of sp³-hybridized carbons (Fsp3) is 0.391. The Kier molecular flexibility index (Phi) is 6.00. The van der Waals surface area contributed by atoms with Crippen molar-refractivity contribution in [2.24, 2.45) is 5.92 Å². The monoisotopic (exact) mass is 441 g/mol. The van der Waals surface area contributed by atoms with E-state index >= 15 is 0 Å². The van der Waals surface area contributed by atoms with Gasteiger partial charge in [-0.25, -0.2) is 8.42 Å². The maximum atomic E-state index is 13.1. The van der Waals surface area contributed by atoms with Crippen LogP contribution in [0.5, 0.6) is 0 Å². The highest BCUT2D eigenvalue weighted by molar-refractivity contribution is 7.92. The minimum atomic E-state index is -3.76. The van der Waals surface area contributed by atoms with Crippen LogP contribution in [0.4, 0.5) is 5.69 Å². The number of sulfonamides is 1. The van der Waals surface area contributed by atoms with E-state index in [-0.39, 0.29) is 22.6 Å². The van der Waals surface area contributed by atoms with Gasteiger partial charge in [0, 0.05) is 30.4 Å². The molecule has 2 aromatic carbocycles. The number of hydrogen-bond donors (Lipinski definition) is 2. The van der Waals surface area contributed by atoms with Gasteiger partial charge in [0.25, 0.3) is 15.9 Å². The molecule has 1 atom stereocenters. The molecule has 0 unspecified atom stereocenters. The summed E-state index contributed by atoms with van der Waals surface area (Å²) in [7, 11) is -3.76. The second kappa shape index (κ2) is 8.70. The third kappa shape index (κ3) is 5.07. The van der Waals surface area contributed by atoms with Gasteiger partial charge >= 0.3 is 0 Å². The predicted octanol–water partition coefficient (Wildman–Crippen LogP) is 2.93. The molecule has 2 aromatic rings. The zero-order chi connectivity index (χ0) is 22.0. The molecule has 1 aliphatic heterocycles. The Labute approximate surface area is 182 Å². The van der Waals surface area contributed by atoms with E-state index in [4.69, 9.17) is 0 Å². The van der Waals surface area contributed by atoms with Crippen molar-refractivity contribution in [3.8, 4) is 0 Å². The van der Waals surface area contributed by atoms with Crippen LogP contribution in [0.3, 0.4) is 0 Å². The van der Waals surface area contributed by atoms with Crippen LogP contribution < -0.4 is 10.0 Å². The Morgan fingerprint density at radius 2 is 1.81 bits per heavy atom. The van der Waals surface area contributed by atoms with Crippen LogP contribution in [0, 0.1) is 12.8 Å². The zero-order valence-electron chi connectivity index (χ0n) is 17.5. The average Bonchev–Trinajstić information content (AvgIpc) is 3.57. The number of hydrogen-bond acceptors (Lipinski definition) is 4. The minimum absolute atomic E-state index is 0.0275. The molecule has 0 aromatic heterocycles. The molecule has 8 heteroatoms. The topological polar surface area (TPSA) is 95.6 Å². The second-order valence-electron chi connectivity index (χ2n) is 8.32. The van der Waals surface area contributed by atoms with Crippen LogP contribution in [0.2, 0.25) is 0 Å². The molecule has 1 aliphatic carbocycles. The molecule has 0 spiro atoms. The first-order chi connectivity index (χ1) is 14.8. The number of amides is 2. The fourth-order valence-corrected chi connectivity index (χ4v) is 5.19. The van der Waals surface area contributed by atoms with E-state index in [0.29, 0.717) is 35.9 Å². The highest BCUT2D eigenvalue weighted by Crippen LogP contribution is 2.24. The molecule has 2 amide bonds. The van der Waals surface area contributed by atoms with Gasteiger partial charge in [0.1, 0.15) is 0 Å². The Morgan fingerprint density at radius 3 is 2.55 bits per heavy atom. The molecular formula is C23H27N3O4S. The number of anilines is 1. The van der Waals surface area contributed by atoms with E-state index in [9.17, 15) is 18.0 Å². The van der Waals surface area contributed by atoms with Crippen LogP contribution in [-0.4, -0.2) is 44.3 Å². The molecule has 7 nitrogen and oxygen atoms in total. The van der Waals surface area contributed by atoms with E-state index in [0.717, 1.165) is 25.7 Å². The van der Waals surface area contributed by atoms with Crippen LogP contribution in [0.15, 0.2) is 53.4 Å². The lowest BCUT2D eigenvalue weighted by Gasteiger charge is -2.32. The summed E-state index contributed by atoms with van der Waals surface area (Å²) in [5.74, 6) is -0.360. The van der Waals surface area contributed by atoms with Crippen molar-refractivity contribution in [2.45, 2.75) is 43.5 Å². The quantitative estimate of drug-likeness (QED) is 0.721. The average molecular weight is 442 g/mol. The molecular weight excluding hydrogens is 414 g/mol. The minimum Gasteiger partial charge on any atom is -0.353 e. The molecule has 1 saturated carbocycles. The lowest BCUT2D eigenvalue weighted by molar-refractivity contribution is -0.126. The van der Waals surface area contributed by atoms with Gasteiger partial charge < -0.3 is 10.2 Å². The molecule has 164 valence electrons. The normalized spacial score (nSPS) is 19.0. The van der Waals surface area contributed by atoms with Gasteiger partial charge in [-0.2, -0.15) is 0 Å². The van der Waals surface area contributed by atoms with Crippen molar-refractivity contribution in [3.63, 3.8) is 0 Å². The van der Waals surface area contributed by atoms with Crippen molar-refractivity contribution in [1.82, 2.24) is 10.2 Å². The molecule has 0 radical (unpaired) electrons. The number of piperidine rings is 1. The molecule has 2 N–H and O–H groups in total. The highest BCUT2D eigenvalue weighted by Gasteiger charge is 2.32. The second-order valence-corrected chi connectivity index (χ2v) is 9.98. The Hall–Kier alpha value is -2.87. The lowest BCUT2D eigenvalue weighted by Crippen LogP contribution is -2.45. The number of carbonyl (C=O) groups is 2. The molecule has 31 heavy (non-hydrogen) atoms. The van der Waals surface area contributed by atoms with E-state index in [1.54, 1.807) is 60.4 Å². The molecule has 1 heterocycles. The molecule has 4 rings (SSSR count). The van der Waals surface area contributed by atoms with E-state index in [2.05, 4.69) is 10.0 Å². The Morgan fingerprint density at radius 1 is 1.03 bits per heavy atom. The smallest absolute Gasteiger partial charge is 0.262 e. The summed E-state index contributed by atoms with van der Waals surface area (Å²) in [5.41, 5.74) is 1.37. The summed E-state index contributed by atoms with van der Waals surface area (Å²) in [5, 5.41) is 3.02. The third-order valence-corrected chi connectivity index (χ3v) is 7.29. The van der Waals surface area contributed by atoms with Gasteiger partial charge in [0.2, 0.25) is 5.91 Å². The first-order valence-corrected chi connectivity index (χ1v) is 12.1. The van der Waals surface area contributed by atoms with E-state index in [1.807, 2.05) is 0 Å². The number of benzene rings is 2. The van der Waals surface area contributed by atoms with Gasteiger partial charge in [-0.3, -0.25) is 14.3 Å². The number of aryl methyl sites for hydroxylation is 1. The van der Waals surface area contributed by atoms with Crippen LogP contribution in [-0.2, 0) is 14.8 Å². The summed E-state index contributed by atoms with van der Waals surface area (Å²) in [6.07, 6.45) is 3.62. The summed E-state index contributed by atoms with van der Waals surface area (Å²) in [6, 6.07) is 13.5. The van der Waals surface area contributed by atoms with Crippen molar-refractivity contribution >= 4 is 27.5 Å². The molecule has 2 fully saturated rings. The maximum Gasteiger partial charge on any atom is 0.262 e. The summed E-state index contributed by atoms with van der Waals surface area (Å²) in [6.45, 7) is 2.71. The van der Waals surface area contributed by atoms with Gasteiger partial charge in [-0.05, 0) is 62.4 Å². The predicted molar refractivity (Wildman–Crippen MR) is 118 cm³/mol. The number of rotatable bonds is 6. The maximum absolute atomic E-state index is 13.1. The standard InChI is InChI=1S/C23H27N3O4S/c1-16-6-2-3-10-21(16)31(29,30)25-20-9-4-7-17(14-20)23(28)26-13-5-8-18(15-26)22(27)24-19-11-12-19/h2-4,6-7,9-10,14,18-19,25H,5,8,11-13,15H2,1H3,(H,24,27)/t18-/m1/s1. The van der Waals surface area contributed by atoms with Crippen molar-refractivity contribution in [1.29, 1.82) is 0 Å². The summed E-state index contributed by atoms with van der Waals surface area (Å²) >= 11 is 0. The van der Waals surface area contributed by atoms with E-state index < -0.39 is 10.0 Å². The fourth-order valence-electron chi connectivity index (χ4n) is 3.89. The van der Waals surface area contributed by atoms with Crippen LogP contribution >= 0.6 is 0 Å². The van der Waals surface area contributed by atoms with Crippen molar-refractivity contribution in [2.75, 3.05) is 17.8 Å². The Balaban J connectivity index is 1.46. The molecule has 0 bridgehead atoms. The summed E-state index contributed by atoms with van der Waals surface area (Å²) < 4.78 is 28.1. The van der Waals surface area contributed by atoms with Gasteiger partial charge in [0.15, 0.2) is 0 Å². The van der Waals surface area contributed by atoms with Gasteiger partial charge in [0.05, 0.1) is 10.8 Å². The van der Waals surface area contributed by atoms with E-state index in [1.165, 1.54) is 0 Å². The van der Waals surface area contributed by atoms with Gasteiger partial charge in [-0.15, -0.1) is 0 Å². The number of likely N-dealkylation sites (tertiary alicyclic amines) is 1. The third-order valence-electron chi connectivity index (χ3n) is 5.75. The van der Waals surface area contributed by atoms with Crippen LogP contribution in [0.25, 0.3) is 0 Å². The van der Waals surface area contributed by atoms with Crippen molar-refractivity contribution < 1.29 is 18.0 Å². The van der Waals surface area contributed by atoms with Crippen molar-refractivity contribution in [3.05, 3.63) is 59.7 Å². The SMILES string of the molecule is Cc1ccccc1S(=O)(=O)Nc1cccc(C(=O)N2CCC[C@@H](C(=O)NC3CC3)C2)c1. The number of carbonyl (C=O) groups excluding carboxylic acids is 2. The number of nitrogens with one attached hydrogen (secondary N) is 2. The largest absolute Gasteiger partial charge is 0.353 e. The van der Waals surface area contributed by atoms with Gasteiger partial charge in [-0.1, -0.05) is 24.3 Å². The lowest BCUT2D eigenvalue weighted by atomic mass is 9.96. The van der Waals surface area contributed by atoms with Crippen LogP contribution in [0.1, 0.15) is 41.6 Å². The molecule has 2 aliphatic rings.